The molecule has 1 heterocycles. The fourth-order valence-electron chi connectivity index (χ4n) is 1.11. The van der Waals surface area contributed by atoms with Crippen LogP contribution in [0.3, 0.4) is 0 Å². The molecule has 0 unspecified atom stereocenters. The van der Waals surface area contributed by atoms with Crippen LogP contribution in [0.15, 0.2) is 15.7 Å². The first-order valence-electron chi connectivity index (χ1n) is 3.96. The number of aromatic hydroxyl groups is 1. The number of aromatic nitrogens is 2. The lowest BCUT2D eigenvalue weighted by Crippen LogP contribution is -2.39. The zero-order valence-corrected chi connectivity index (χ0v) is 7.81. The van der Waals surface area contributed by atoms with E-state index in [9.17, 15) is 9.59 Å². The van der Waals surface area contributed by atoms with E-state index in [-0.39, 0.29) is 11.9 Å². The Morgan fingerprint density at radius 1 is 1.38 bits per heavy atom. The first-order valence-corrected chi connectivity index (χ1v) is 3.96. The first kappa shape index (κ1) is 9.57. The molecule has 0 saturated carbocycles. The Labute approximate surface area is 74.9 Å². The number of hydrogen-bond donors (Lipinski definition) is 1. The predicted molar refractivity (Wildman–Crippen MR) is 48.0 cm³/mol. The van der Waals surface area contributed by atoms with Gasteiger partial charge in [-0.3, -0.25) is 13.9 Å². The van der Waals surface area contributed by atoms with Crippen molar-refractivity contribution in [2.75, 3.05) is 0 Å². The summed E-state index contributed by atoms with van der Waals surface area (Å²) in [5, 5.41) is 9.14. The molecule has 0 aliphatic carbocycles. The van der Waals surface area contributed by atoms with Gasteiger partial charge in [0.2, 0.25) is 0 Å². The molecule has 0 aromatic carbocycles. The van der Waals surface area contributed by atoms with Crippen LogP contribution in [0, 0.1) is 0 Å². The van der Waals surface area contributed by atoms with E-state index in [1.54, 1.807) is 13.8 Å². The summed E-state index contributed by atoms with van der Waals surface area (Å²) in [7, 11) is 1.41. The molecular weight excluding hydrogens is 172 g/mol. The molecule has 72 valence electrons. The molecule has 0 spiro atoms. The molecule has 1 rings (SSSR count). The highest BCUT2D eigenvalue weighted by atomic mass is 16.3. The van der Waals surface area contributed by atoms with Gasteiger partial charge in [-0.25, -0.2) is 4.79 Å². The van der Waals surface area contributed by atoms with Gasteiger partial charge in [0.25, 0.3) is 5.56 Å². The molecule has 0 radical (unpaired) electrons. The Morgan fingerprint density at radius 3 is 2.38 bits per heavy atom. The largest absolute Gasteiger partial charge is 0.494 e. The molecule has 5 heteroatoms. The molecule has 5 nitrogen and oxygen atoms in total. The maximum absolute atomic E-state index is 11.4. The van der Waals surface area contributed by atoms with Crippen molar-refractivity contribution in [2.45, 2.75) is 19.9 Å². The summed E-state index contributed by atoms with van der Waals surface area (Å²) in [5.41, 5.74) is -0.976. The van der Waals surface area contributed by atoms with E-state index in [1.165, 1.54) is 7.05 Å². The minimum Gasteiger partial charge on any atom is -0.494 e. The van der Waals surface area contributed by atoms with E-state index >= 15 is 0 Å². The normalized spacial score (nSPS) is 10.8. The molecule has 0 aliphatic rings. The van der Waals surface area contributed by atoms with Crippen molar-refractivity contribution in [2.24, 2.45) is 7.05 Å². The van der Waals surface area contributed by atoms with Crippen molar-refractivity contribution in [1.82, 2.24) is 9.13 Å². The molecule has 0 atom stereocenters. The fraction of sp³-hybridized carbons (Fsp3) is 0.500. The van der Waals surface area contributed by atoms with E-state index in [1.807, 2.05) is 0 Å². The smallest absolute Gasteiger partial charge is 0.333 e. The van der Waals surface area contributed by atoms with Gasteiger partial charge in [-0.05, 0) is 13.8 Å². The highest BCUT2D eigenvalue weighted by Gasteiger charge is 2.09. The molecule has 0 fully saturated rings. The lowest BCUT2D eigenvalue weighted by Gasteiger charge is -2.10. The summed E-state index contributed by atoms with van der Waals surface area (Å²) in [6.45, 7) is 3.47. The minimum atomic E-state index is -0.500. The van der Waals surface area contributed by atoms with Crippen LogP contribution in [0.25, 0.3) is 0 Å². The molecule has 13 heavy (non-hydrogen) atoms. The van der Waals surface area contributed by atoms with Gasteiger partial charge in [0.15, 0.2) is 5.88 Å². The van der Waals surface area contributed by atoms with Gasteiger partial charge in [0, 0.05) is 13.1 Å². The van der Waals surface area contributed by atoms with Gasteiger partial charge in [0.05, 0.1) is 6.07 Å². The molecule has 0 amide bonds. The van der Waals surface area contributed by atoms with Crippen LogP contribution in [-0.4, -0.2) is 14.2 Å². The maximum Gasteiger partial charge on any atom is 0.333 e. The molecule has 0 bridgehead atoms. The molecule has 0 aliphatic heterocycles. The molecule has 0 saturated heterocycles. The van der Waals surface area contributed by atoms with Crippen LogP contribution in [0.5, 0.6) is 5.88 Å². The van der Waals surface area contributed by atoms with Crippen molar-refractivity contribution in [3.63, 3.8) is 0 Å². The summed E-state index contributed by atoms with van der Waals surface area (Å²) in [6, 6.07) is 0.827. The molecule has 1 aromatic heterocycles. The van der Waals surface area contributed by atoms with Crippen LogP contribution in [-0.2, 0) is 7.05 Å². The lowest BCUT2D eigenvalue weighted by molar-refractivity contribution is 0.400. The second-order valence-electron chi connectivity index (χ2n) is 3.15. The Hall–Kier alpha value is -1.52. The number of nitrogens with zero attached hydrogens (tertiary/aromatic N) is 2. The minimum absolute atomic E-state index is 0.202. The van der Waals surface area contributed by atoms with Crippen molar-refractivity contribution in [1.29, 1.82) is 0 Å². The topological polar surface area (TPSA) is 64.2 Å². The van der Waals surface area contributed by atoms with E-state index in [0.29, 0.717) is 0 Å². The van der Waals surface area contributed by atoms with Crippen LogP contribution < -0.4 is 11.2 Å². The van der Waals surface area contributed by atoms with E-state index in [0.717, 1.165) is 15.2 Å². The third kappa shape index (κ3) is 1.49. The average Bonchev–Trinajstić information content (AvgIpc) is 1.99. The standard InChI is InChI=1S/C8H12N2O3/c1-5(2)10-7(12)4-6(11)9(3)8(10)13/h4-5,11H,1-3H3. The van der Waals surface area contributed by atoms with Crippen molar-refractivity contribution in [3.8, 4) is 5.88 Å². The fourth-order valence-corrected chi connectivity index (χ4v) is 1.11. The van der Waals surface area contributed by atoms with Crippen LogP contribution in [0.2, 0.25) is 0 Å². The number of rotatable bonds is 1. The van der Waals surface area contributed by atoms with Gasteiger partial charge in [-0.1, -0.05) is 0 Å². The Bertz CT molecular complexity index is 428. The zero-order valence-electron chi connectivity index (χ0n) is 7.81. The van der Waals surface area contributed by atoms with Crippen LogP contribution in [0.1, 0.15) is 19.9 Å². The third-order valence-corrected chi connectivity index (χ3v) is 1.84. The van der Waals surface area contributed by atoms with Gasteiger partial charge in [-0.2, -0.15) is 0 Å². The van der Waals surface area contributed by atoms with Gasteiger partial charge in [0.1, 0.15) is 0 Å². The van der Waals surface area contributed by atoms with Gasteiger partial charge < -0.3 is 5.11 Å². The summed E-state index contributed by atoms with van der Waals surface area (Å²) in [4.78, 5) is 22.7. The lowest BCUT2D eigenvalue weighted by atomic mass is 10.4. The second-order valence-corrected chi connectivity index (χ2v) is 3.15. The predicted octanol–water partition coefficient (Wildman–Crippen LogP) is -0.167. The zero-order chi connectivity index (χ0) is 10.2. The monoisotopic (exact) mass is 184 g/mol. The average molecular weight is 184 g/mol. The van der Waals surface area contributed by atoms with Crippen molar-refractivity contribution >= 4 is 0 Å². The highest BCUT2D eigenvalue weighted by Crippen LogP contribution is 2.00. The van der Waals surface area contributed by atoms with Crippen molar-refractivity contribution in [3.05, 3.63) is 26.9 Å². The van der Waals surface area contributed by atoms with Crippen molar-refractivity contribution < 1.29 is 5.11 Å². The first-order chi connectivity index (χ1) is 5.95. The summed E-state index contributed by atoms with van der Waals surface area (Å²) >= 11 is 0. The summed E-state index contributed by atoms with van der Waals surface area (Å²) in [6.07, 6.45) is 0. The molecule has 1 N–H and O–H groups in total. The Kier molecular flexibility index (Phi) is 2.27. The SMILES string of the molecule is CC(C)n1c(=O)cc(O)n(C)c1=O. The van der Waals surface area contributed by atoms with Gasteiger partial charge >= 0.3 is 5.69 Å². The Balaban J connectivity index is 3.64. The van der Waals surface area contributed by atoms with Gasteiger partial charge in [-0.15, -0.1) is 0 Å². The number of hydrogen-bond acceptors (Lipinski definition) is 3. The summed E-state index contributed by atoms with van der Waals surface area (Å²) in [5.74, 6) is -0.313. The quantitative estimate of drug-likeness (QED) is 0.659. The van der Waals surface area contributed by atoms with E-state index < -0.39 is 11.2 Å². The summed E-state index contributed by atoms with van der Waals surface area (Å²) < 4.78 is 2.11. The Morgan fingerprint density at radius 2 is 1.92 bits per heavy atom. The van der Waals surface area contributed by atoms with E-state index in [4.69, 9.17) is 5.11 Å². The van der Waals surface area contributed by atoms with E-state index in [2.05, 4.69) is 0 Å². The molecular formula is C8H12N2O3. The van der Waals surface area contributed by atoms with Crippen LogP contribution >= 0.6 is 0 Å². The molecule has 1 aromatic rings. The second kappa shape index (κ2) is 3.08. The van der Waals surface area contributed by atoms with Crippen LogP contribution in [0.4, 0.5) is 0 Å². The highest BCUT2D eigenvalue weighted by molar-refractivity contribution is 5.06. The maximum atomic E-state index is 11.4. The third-order valence-electron chi connectivity index (χ3n) is 1.84.